The summed E-state index contributed by atoms with van der Waals surface area (Å²) in [5, 5.41) is 4.10. The van der Waals surface area contributed by atoms with Crippen LogP contribution in [-0.4, -0.2) is 16.9 Å². The van der Waals surface area contributed by atoms with Crippen LogP contribution in [-0.2, 0) is 13.5 Å². The summed E-state index contributed by atoms with van der Waals surface area (Å²) in [4.78, 5) is 0. The number of nitrogens with two attached hydrogens (primary N) is 1. The molecule has 0 aliphatic heterocycles. The number of hydrogen-bond donors (Lipinski definition) is 2. The van der Waals surface area contributed by atoms with Gasteiger partial charge in [0, 0.05) is 18.8 Å². The van der Waals surface area contributed by atoms with Gasteiger partial charge in [0.1, 0.15) is 0 Å². The normalized spacial score (nSPS) is 12.4. The molecule has 0 radical (unpaired) electrons. The van der Waals surface area contributed by atoms with Gasteiger partial charge < -0.3 is 4.74 Å². The van der Waals surface area contributed by atoms with Crippen LogP contribution in [0.2, 0.25) is 0 Å². The van der Waals surface area contributed by atoms with Gasteiger partial charge >= 0.3 is 0 Å². The topological polar surface area (TPSA) is 65.1 Å². The Kier molecular flexibility index (Phi) is 4.13. The van der Waals surface area contributed by atoms with Crippen molar-refractivity contribution in [1.82, 2.24) is 15.2 Å². The molecule has 1 atom stereocenters. The maximum Gasteiger partial charge on any atom is 0.165 e. The highest BCUT2D eigenvalue weighted by Gasteiger charge is 2.13. The number of halogens is 1. The van der Waals surface area contributed by atoms with Gasteiger partial charge in [-0.15, -0.1) is 0 Å². The van der Waals surface area contributed by atoms with Gasteiger partial charge in [-0.2, -0.15) is 5.10 Å². The number of benzene rings is 1. The number of aryl methyl sites for hydroxylation is 1. The van der Waals surface area contributed by atoms with Crippen LogP contribution < -0.4 is 16.0 Å². The van der Waals surface area contributed by atoms with Crippen LogP contribution in [0.3, 0.4) is 0 Å². The summed E-state index contributed by atoms with van der Waals surface area (Å²) in [6, 6.07) is 4.78. The Balaban J connectivity index is 2.16. The fourth-order valence-electron chi connectivity index (χ4n) is 1.97. The van der Waals surface area contributed by atoms with E-state index in [1.165, 1.54) is 13.2 Å². The standard InChI is InChI=1S/C13H17FN4O/c1-18-8-10(7-16-18)12(17-15)6-9-3-4-13(19-2)11(14)5-9/h3-5,7-8,12,17H,6,15H2,1-2H3. The molecule has 3 N–H and O–H groups in total. The molecule has 6 heteroatoms. The minimum absolute atomic E-state index is 0.110. The van der Waals surface area contributed by atoms with E-state index in [1.807, 2.05) is 19.3 Å². The first-order valence-corrected chi connectivity index (χ1v) is 5.91. The zero-order chi connectivity index (χ0) is 13.8. The fraction of sp³-hybridized carbons (Fsp3) is 0.308. The first-order valence-electron chi connectivity index (χ1n) is 5.91. The van der Waals surface area contributed by atoms with E-state index in [1.54, 1.807) is 16.9 Å². The minimum Gasteiger partial charge on any atom is -0.494 e. The van der Waals surface area contributed by atoms with Crippen molar-refractivity contribution in [3.05, 3.63) is 47.5 Å². The monoisotopic (exact) mass is 264 g/mol. The van der Waals surface area contributed by atoms with Gasteiger partial charge in [-0.05, 0) is 24.1 Å². The number of hydrogen-bond acceptors (Lipinski definition) is 4. The Morgan fingerprint density at radius 1 is 1.53 bits per heavy atom. The van der Waals surface area contributed by atoms with Crippen LogP contribution in [0.4, 0.5) is 4.39 Å². The highest BCUT2D eigenvalue weighted by atomic mass is 19.1. The molecule has 0 bridgehead atoms. The molecule has 5 nitrogen and oxygen atoms in total. The Bertz CT molecular complexity index is 555. The molecule has 0 aliphatic rings. The first-order chi connectivity index (χ1) is 9.13. The van der Waals surface area contributed by atoms with E-state index >= 15 is 0 Å². The molecule has 0 spiro atoms. The average molecular weight is 264 g/mol. The van der Waals surface area contributed by atoms with Gasteiger partial charge in [0.05, 0.1) is 19.3 Å². The molecule has 102 valence electrons. The molecule has 1 aromatic heterocycles. The van der Waals surface area contributed by atoms with Crippen molar-refractivity contribution in [2.45, 2.75) is 12.5 Å². The lowest BCUT2D eigenvalue weighted by atomic mass is 10.0. The smallest absolute Gasteiger partial charge is 0.165 e. The quantitative estimate of drug-likeness (QED) is 0.631. The van der Waals surface area contributed by atoms with Crippen LogP contribution in [0.25, 0.3) is 0 Å². The van der Waals surface area contributed by atoms with Gasteiger partial charge in [-0.1, -0.05) is 6.07 Å². The molecule has 1 unspecified atom stereocenters. The molecular weight excluding hydrogens is 247 g/mol. The van der Waals surface area contributed by atoms with Crippen LogP contribution in [0.15, 0.2) is 30.6 Å². The first kappa shape index (κ1) is 13.5. The zero-order valence-corrected chi connectivity index (χ0v) is 10.9. The summed E-state index contributed by atoms with van der Waals surface area (Å²) in [7, 11) is 3.28. The summed E-state index contributed by atoms with van der Waals surface area (Å²) in [5.74, 6) is 5.42. The van der Waals surface area contributed by atoms with E-state index in [4.69, 9.17) is 10.6 Å². The molecular formula is C13H17FN4O. The van der Waals surface area contributed by atoms with E-state index in [2.05, 4.69) is 10.5 Å². The molecule has 2 aromatic rings. The lowest BCUT2D eigenvalue weighted by molar-refractivity contribution is 0.386. The van der Waals surface area contributed by atoms with Crippen LogP contribution >= 0.6 is 0 Å². The van der Waals surface area contributed by atoms with Crippen molar-refractivity contribution in [3.63, 3.8) is 0 Å². The number of methoxy groups -OCH3 is 1. The van der Waals surface area contributed by atoms with E-state index in [0.29, 0.717) is 6.42 Å². The second-order valence-corrected chi connectivity index (χ2v) is 4.34. The average Bonchev–Trinajstić information content (AvgIpc) is 2.82. The Morgan fingerprint density at radius 2 is 2.32 bits per heavy atom. The molecule has 0 saturated carbocycles. The lowest BCUT2D eigenvalue weighted by Crippen LogP contribution is -2.29. The van der Waals surface area contributed by atoms with Gasteiger partial charge in [-0.3, -0.25) is 16.0 Å². The van der Waals surface area contributed by atoms with Gasteiger partial charge in [0.15, 0.2) is 11.6 Å². The Labute approximate surface area is 111 Å². The SMILES string of the molecule is COc1ccc(CC(NN)c2cnn(C)c2)cc1F. The number of hydrazine groups is 1. The summed E-state index contributed by atoms with van der Waals surface area (Å²) in [6.45, 7) is 0. The number of ether oxygens (including phenoxy) is 1. The molecule has 0 amide bonds. The fourth-order valence-corrected chi connectivity index (χ4v) is 1.97. The van der Waals surface area contributed by atoms with Crippen molar-refractivity contribution in [3.8, 4) is 5.75 Å². The zero-order valence-electron chi connectivity index (χ0n) is 10.9. The van der Waals surface area contributed by atoms with Crippen LogP contribution in [0.1, 0.15) is 17.2 Å². The highest BCUT2D eigenvalue weighted by molar-refractivity contribution is 5.30. The molecule has 0 saturated heterocycles. The molecule has 0 fully saturated rings. The largest absolute Gasteiger partial charge is 0.494 e. The van der Waals surface area contributed by atoms with E-state index in [-0.39, 0.29) is 17.6 Å². The molecule has 0 aliphatic carbocycles. The summed E-state index contributed by atoms with van der Waals surface area (Å²) in [5.41, 5.74) is 4.52. The maximum absolute atomic E-state index is 13.6. The third-order valence-corrected chi connectivity index (χ3v) is 2.98. The Hall–Kier alpha value is -1.92. The maximum atomic E-state index is 13.6. The summed E-state index contributed by atoms with van der Waals surface area (Å²) in [6.07, 6.45) is 4.19. The number of nitrogens with zero attached hydrogens (tertiary/aromatic N) is 2. The van der Waals surface area contributed by atoms with Crippen LogP contribution in [0.5, 0.6) is 5.75 Å². The number of rotatable bonds is 5. The van der Waals surface area contributed by atoms with Crippen molar-refractivity contribution in [2.24, 2.45) is 12.9 Å². The van der Waals surface area contributed by atoms with Crippen LogP contribution in [0, 0.1) is 5.82 Å². The number of nitrogens with one attached hydrogen (secondary N) is 1. The molecule has 19 heavy (non-hydrogen) atoms. The second-order valence-electron chi connectivity index (χ2n) is 4.34. The predicted octanol–water partition coefficient (Wildman–Crippen LogP) is 1.31. The van der Waals surface area contributed by atoms with Crippen molar-refractivity contribution < 1.29 is 9.13 Å². The third-order valence-electron chi connectivity index (χ3n) is 2.98. The van der Waals surface area contributed by atoms with Crippen molar-refractivity contribution >= 4 is 0 Å². The van der Waals surface area contributed by atoms with E-state index in [9.17, 15) is 4.39 Å². The molecule has 1 heterocycles. The minimum atomic E-state index is -0.373. The Morgan fingerprint density at radius 3 is 2.84 bits per heavy atom. The number of aromatic nitrogens is 2. The lowest BCUT2D eigenvalue weighted by Gasteiger charge is -2.14. The molecule has 2 rings (SSSR count). The highest BCUT2D eigenvalue weighted by Crippen LogP contribution is 2.22. The summed E-state index contributed by atoms with van der Waals surface area (Å²) >= 11 is 0. The van der Waals surface area contributed by atoms with Gasteiger partial charge in [-0.25, -0.2) is 4.39 Å². The van der Waals surface area contributed by atoms with Crippen molar-refractivity contribution in [2.75, 3.05) is 7.11 Å². The van der Waals surface area contributed by atoms with E-state index < -0.39 is 0 Å². The van der Waals surface area contributed by atoms with Gasteiger partial charge in [0.25, 0.3) is 0 Å². The second kappa shape index (κ2) is 5.81. The van der Waals surface area contributed by atoms with Crippen molar-refractivity contribution in [1.29, 1.82) is 0 Å². The van der Waals surface area contributed by atoms with Gasteiger partial charge in [0.2, 0.25) is 0 Å². The van der Waals surface area contributed by atoms with E-state index in [0.717, 1.165) is 11.1 Å². The summed E-state index contributed by atoms with van der Waals surface area (Å²) < 4.78 is 20.2. The third kappa shape index (κ3) is 3.10. The molecule has 1 aromatic carbocycles. The predicted molar refractivity (Wildman–Crippen MR) is 69.9 cm³/mol.